The van der Waals surface area contributed by atoms with Gasteiger partial charge in [-0.15, -0.1) is 0 Å². The first kappa shape index (κ1) is 24.3. The van der Waals surface area contributed by atoms with Gasteiger partial charge < -0.3 is 9.80 Å². The number of para-hydroxylation sites is 1. The third-order valence-electron chi connectivity index (χ3n) is 6.68. The Hall–Kier alpha value is -2.87. The molecule has 0 N–H and O–H groups in total. The number of hydrogen-bond acceptors (Lipinski definition) is 4. The van der Waals surface area contributed by atoms with Crippen LogP contribution in [0, 0.1) is 0 Å². The molecule has 34 heavy (non-hydrogen) atoms. The van der Waals surface area contributed by atoms with E-state index < -0.39 is 10.0 Å². The number of hydrogen-bond donors (Lipinski definition) is 0. The minimum Gasteiger partial charge on any atom is -0.343 e. The molecule has 1 saturated heterocycles. The number of benzene rings is 2. The normalized spacial score (nSPS) is 16.1. The molecule has 7 nitrogen and oxygen atoms in total. The van der Waals surface area contributed by atoms with Crippen molar-refractivity contribution in [3.63, 3.8) is 0 Å². The summed E-state index contributed by atoms with van der Waals surface area (Å²) in [5.41, 5.74) is 2.21. The standard InChI is InChI=1S/C26H33N3O4S/c1-2-29(22-10-6-5-7-11-22)34(32,33)23-12-13-24-21(20-23)16-19-28(24)26(31)15-14-25(30)27-17-8-3-4-9-18-27/h5-7,10-13,20H,2-4,8-9,14-19H2,1H3. The molecule has 2 aliphatic heterocycles. The Kier molecular flexibility index (Phi) is 7.56. The lowest BCUT2D eigenvalue weighted by Gasteiger charge is -2.24. The van der Waals surface area contributed by atoms with Crippen LogP contribution in [0.4, 0.5) is 11.4 Å². The van der Waals surface area contributed by atoms with Crippen LogP contribution in [-0.2, 0) is 26.0 Å². The third-order valence-corrected chi connectivity index (χ3v) is 8.58. The van der Waals surface area contributed by atoms with Crippen LogP contribution in [0.1, 0.15) is 51.0 Å². The highest BCUT2D eigenvalue weighted by molar-refractivity contribution is 7.92. The quantitative estimate of drug-likeness (QED) is 0.597. The Morgan fingerprint density at radius 2 is 1.56 bits per heavy atom. The molecule has 8 heteroatoms. The van der Waals surface area contributed by atoms with E-state index in [0.717, 1.165) is 50.0 Å². The fraction of sp³-hybridized carbons (Fsp3) is 0.462. The predicted molar refractivity (Wildman–Crippen MR) is 133 cm³/mol. The van der Waals surface area contributed by atoms with Crippen molar-refractivity contribution < 1.29 is 18.0 Å². The maximum absolute atomic E-state index is 13.3. The van der Waals surface area contributed by atoms with Crippen LogP contribution in [0.5, 0.6) is 0 Å². The Labute approximate surface area is 202 Å². The smallest absolute Gasteiger partial charge is 0.264 e. The van der Waals surface area contributed by atoms with Crippen molar-refractivity contribution in [2.45, 2.75) is 56.8 Å². The molecule has 1 fully saturated rings. The highest BCUT2D eigenvalue weighted by atomic mass is 32.2. The summed E-state index contributed by atoms with van der Waals surface area (Å²) in [5, 5.41) is 0. The second-order valence-electron chi connectivity index (χ2n) is 8.89. The number of carbonyl (C=O) groups is 2. The molecule has 2 aromatic rings. The number of amides is 2. The Morgan fingerprint density at radius 1 is 0.882 bits per heavy atom. The van der Waals surface area contributed by atoms with E-state index in [2.05, 4.69) is 0 Å². The van der Waals surface area contributed by atoms with Gasteiger partial charge in [-0.1, -0.05) is 31.0 Å². The summed E-state index contributed by atoms with van der Waals surface area (Å²) in [6.45, 7) is 4.21. The van der Waals surface area contributed by atoms with Crippen LogP contribution < -0.4 is 9.21 Å². The SMILES string of the molecule is CCN(c1ccccc1)S(=O)(=O)c1ccc2c(c1)CCN2C(=O)CCC(=O)N1CCCCCC1. The van der Waals surface area contributed by atoms with Gasteiger partial charge in [-0.2, -0.15) is 0 Å². The Balaban J connectivity index is 1.44. The number of sulfonamides is 1. The lowest BCUT2D eigenvalue weighted by atomic mass is 10.2. The van der Waals surface area contributed by atoms with Crippen LogP contribution in [0.25, 0.3) is 0 Å². The molecule has 0 bridgehead atoms. The first-order valence-electron chi connectivity index (χ1n) is 12.2. The van der Waals surface area contributed by atoms with E-state index in [0.29, 0.717) is 25.2 Å². The van der Waals surface area contributed by atoms with Crippen LogP contribution in [0.15, 0.2) is 53.4 Å². The maximum Gasteiger partial charge on any atom is 0.264 e. The van der Waals surface area contributed by atoms with E-state index >= 15 is 0 Å². The monoisotopic (exact) mass is 483 g/mol. The minimum absolute atomic E-state index is 0.0525. The van der Waals surface area contributed by atoms with Gasteiger partial charge in [-0.25, -0.2) is 8.42 Å². The fourth-order valence-electron chi connectivity index (χ4n) is 4.84. The van der Waals surface area contributed by atoms with Crippen molar-refractivity contribution in [3.05, 3.63) is 54.1 Å². The van der Waals surface area contributed by atoms with E-state index in [9.17, 15) is 18.0 Å². The lowest BCUT2D eigenvalue weighted by molar-refractivity contribution is -0.133. The van der Waals surface area contributed by atoms with E-state index in [4.69, 9.17) is 0 Å². The molecule has 0 aliphatic carbocycles. The molecule has 0 atom stereocenters. The van der Waals surface area contributed by atoms with Crippen molar-refractivity contribution in [2.75, 3.05) is 35.4 Å². The zero-order valence-electron chi connectivity index (χ0n) is 19.8. The van der Waals surface area contributed by atoms with Gasteiger partial charge in [0, 0.05) is 44.7 Å². The van der Waals surface area contributed by atoms with Crippen molar-refractivity contribution >= 4 is 33.2 Å². The van der Waals surface area contributed by atoms with Gasteiger partial charge in [0.2, 0.25) is 11.8 Å². The number of likely N-dealkylation sites (tertiary alicyclic amines) is 1. The fourth-order valence-corrected chi connectivity index (χ4v) is 6.36. The second-order valence-corrected chi connectivity index (χ2v) is 10.7. The lowest BCUT2D eigenvalue weighted by Crippen LogP contribution is -2.34. The summed E-state index contributed by atoms with van der Waals surface area (Å²) in [4.78, 5) is 29.3. The summed E-state index contributed by atoms with van der Waals surface area (Å²) >= 11 is 0. The summed E-state index contributed by atoms with van der Waals surface area (Å²) in [6.07, 6.45) is 5.38. The van der Waals surface area contributed by atoms with Crippen LogP contribution in [-0.4, -0.2) is 51.3 Å². The molecule has 0 saturated carbocycles. The van der Waals surface area contributed by atoms with Crippen LogP contribution >= 0.6 is 0 Å². The first-order valence-corrected chi connectivity index (χ1v) is 13.6. The summed E-state index contributed by atoms with van der Waals surface area (Å²) in [5.74, 6) is -0.0336. The summed E-state index contributed by atoms with van der Waals surface area (Å²) in [7, 11) is -3.72. The average Bonchev–Trinajstić information content (AvgIpc) is 3.08. The maximum atomic E-state index is 13.3. The number of fused-ring (bicyclic) bond motifs is 1. The molecular weight excluding hydrogens is 450 g/mol. The molecule has 0 spiro atoms. The molecule has 0 aromatic heterocycles. The molecule has 0 radical (unpaired) electrons. The van der Waals surface area contributed by atoms with Crippen LogP contribution in [0.3, 0.4) is 0 Å². The average molecular weight is 484 g/mol. The first-order chi connectivity index (χ1) is 16.4. The van der Waals surface area contributed by atoms with Crippen molar-refractivity contribution in [1.82, 2.24) is 4.90 Å². The zero-order chi connectivity index (χ0) is 24.1. The van der Waals surface area contributed by atoms with Gasteiger partial charge in [0.15, 0.2) is 0 Å². The molecule has 0 unspecified atom stereocenters. The molecule has 2 amide bonds. The van der Waals surface area contributed by atoms with E-state index in [1.807, 2.05) is 30.0 Å². The van der Waals surface area contributed by atoms with Crippen molar-refractivity contribution in [3.8, 4) is 0 Å². The zero-order valence-corrected chi connectivity index (χ0v) is 20.6. The van der Waals surface area contributed by atoms with Gasteiger partial charge in [0.25, 0.3) is 10.0 Å². The predicted octanol–water partition coefficient (Wildman–Crippen LogP) is 3.97. The third kappa shape index (κ3) is 5.12. The second kappa shape index (κ2) is 10.6. The summed E-state index contributed by atoms with van der Waals surface area (Å²) < 4.78 is 28.1. The largest absolute Gasteiger partial charge is 0.343 e. The molecule has 2 aromatic carbocycles. The highest BCUT2D eigenvalue weighted by Crippen LogP contribution is 2.33. The van der Waals surface area contributed by atoms with Crippen molar-refractivity contribution in [2.24, 2.45) is 0 Å². The number of carbonyl (C=O) groups excluding carboxylic acids is 2. The summed E-state index contributed by atoms with van der Waals surface area (Å²) in [6, 6.07) is 14.0. The van der Waals surface area contributed by atoms with Gasteiger partial charge in [0.05, 0.1) is 10.6 Å². The Bertz CT molecular complexity index is 1130. The minimum atomic E-state index is -3.72. The molecular formula is C26H33N3O4S. The highest BCUT2D eigenvalue weighted by Gasteiger charge is 2.29. The topological polar surface area (TPSA) is 78.0 Å². The number of rotatable bonds is 7. The van der Waals surface area contributed by atoms with Crippen molar-refractivity contribution in [1.29, 1.82) is 0 Å². The Morgan fingerprint density at radius 3 is 2.24 bits per heavy atom. The van der Waals surface area contributed by atoms with Gasteiger partial charge in [-0.3, -0.25) is 13.9 Å². The number of anilines is 2. The molecule has 4 rings (SSSR count). The van der Waals surface area contributed by atoms with Gasteiger partial charge >= 0.3 is 0 Å². The molecule has 182 valence electrons. The van der Waals surface area contributed by atoms with Crippen LogP contribution in [0.2, 0.25) is 0 Å². The van der Waals surface area contributed by atoms with Gasteiger partial charge in [0.1, 0.15) is 0 Å². The van der Waals surface area contributed by atoms with E-state index in [1.165, 1.54) is 4.31 Å². The molecule has 2 heterocycles. The van der Waals surface area contributed by atoms with Gasteiger partial charge in [-0.05, 0) is 62.1 Å². The van der Waals surface area contributed by atoms with E-state index in [-0.39, 0.29) is 29.6 Å². The number of nitrogens with zero attached hydrogens (tertiary/aromatic N) is 3. The van der Waals surface area contributed by atoms with E-state index in [1.54, 1.807) is 35.2 Å². The molecule has 2 aliphatic rings.